The summed E-state index contributed by atoms with van der Waals surface area (Å²) in [6.07, 6.45) is 30.2. The predicted molar refractivity (Wildman–Crippen MR) is 318 cm³/mol. The number of hydrogen-bond donors (Lipinski definition) is 6. The number of H-pyrrole nitrogens is 4. The van der Waals surface area contributed by atoms with Crippen molar-refractivity contribution in [3.8, 4) is 0 Å². The number of rotatable bonds is 2. The van der Waals surface area contributed by atoms with Crippen molar-refractivity contribution in [2.75, 3.05) is 0 Å². The molecule has 13 heterocycles. The minimum Gasteiger partial charge on any atom is -0.658 e. The Bertz CT molecular complexity index is 3440. The zero-order chi connectivity index (χ0) is 54.7. The van der Waals surface area contributed by atoms with Gasteiger partial charge in [0.25, 0.3) is 5.97 Å². The van der Waals surface area contributed by atoms with Crippen LogP contribution in [0.4, 0.5) is 0 Å². The molecule has 16 bridgehead atoms. The molecule has 0 aromatic carbocycles. The van der Waals surface area contributed by atoms with Crippen LogP contribution in [-0.2, 0) is 37.9 Å². The van der Waals surface area contributed by atoms with Crippen LogP contribution in [-0.4, -0.2) is 64.0 Å². The molecule has 0 atom stereocenters. The van der Waals surface area contributed by atoms with Gasteiger partial charge in [-0.05, 0) is 166 Å². The fourth-order valence-electron chi connectivity index (χ4n) is 7.99. The maximum absolute atomic E-state index is 9.00. The average molecular weight is 1090 g/mol. The summed E-state index contributed by atoms with van der Waals surface area (Å²) in [4.78, 5) is 67.4. The van der Waals surface area contributed by atoms with Crippen LogP contribution in [0.5, 0.6) is 0 Å². The third-order valence-electron chi connectivity index (χ3n) is 11.8. The molecule has 8 aromatic rings. The topological polar surface area (TPSA) is 226 Å². The number of carbonyl (C=O) groups is 3. The molecule has 399 valence electrons. The van der Waals surface area contributed by atoms with Crippen LogP contribution in [0.2, 0.25) is 0 Å². The number of hydrogen-bond acceptors (Lipinski definition) is 8. The van der Waals surface area contributed by atoms with Crippen molar-refractivity contribution in [1.29, 1.82) is 0 Å². The van der Waals surface area contributed by atoms with E-state index in [4.69, 9.17) is 49.4 Å². The second kappa shape index (κ2) is 29.5. The van der Waals surface area contributed by atoms with Crippen molar-refractivity contribution < 1.29 is 36.6 Å². The Morgan fingerprint density at radius 2 is 0.975 bits per heavy atom. The second-order valence-electron chi connectivity index (χ2n) is 17.4. The van der Waals surface area contributed by atoms with Crippen LogP contribution in [0.3, 0.4) is 0 Å². The Morgan fingerprint density at radius 3 is 1.30 bits per heavy atom. The third-order valence-corrected chi connectivity index (χ3v) is 11.8. The maximum Gasteiger partial charge on any atom is 2.00 e. The van der Waals surface area contributed by atoms with Gasteiger partial charge in [-0.2, -0.15) is 0 Å². The van der Waals surface area contributed by atoms with Gasteiger partial charge in [-0.3, -0.25) is 4.79 Å². The SMILES string of the molecule is C.C=O.CC(=O)O.CC=O.Cc1c2nc(cc3ccc([n-]3)c(C)c3nc(cc4ccc1[n-]4)C=C3)C=C2.Cc1c2nc(cc3ccc([nH]3)c(C)c3nc(cc4ccc1[nH]4)C=C3)C=C2.[C+]1=CC=CN1.[Mn+2].c1c[nH]c(Cc2ccc[nH]2)c1. The van der Waals surface area contributed by atoms with Crippen LogP contribution in [0.25, 0.3) is 92.7 Å². The molecular formula is C63H62MnN11O4+. The largest absolute Gasteiger partial charge is 2.00 e. The number of carbonyl (C=O) groups excluding carboxylic acids is 2. The number of nitrogens with one attached hydrogen (secondary N) is 5. The van der Waals surface area contributed by atoms with Crippen molar-refractivity contribution >= 4 is 112 Å². The molecule has 15 nitrogen and oxygen atoms in total. The van der Waals surface area contributed by atoms with Crippen molar-refractivity contribution in [1.82, 2.24) is 55.2 Å². The zero-order valence-electron chi connectivity index (χ0n) is 44.0. The van der Waals surface area contributed by atoms with Crippen LogP contribution in [0.1, 0.15) is 100 Å². The molecule has 0 unspecified atom stereocenters. The van der Waals surface area contributed by atoms with Gasteiger partial charge in [0.05, 0.1) is 45.6 Å². The van der Waals surface area contributed by atoms with E-state index >= 15 is 0 Å². The quantitative estimate of drug-likeness (QED) is 0.0542. The number of fused-ring (bicyclic) bond motifs is 16. The van der Waals surface area contributed by atoms with Crippen molar-refractivity contribution in [3.05, 3.63) is 213 Å². The third kappa shape index (κ3) is 16.9. The number of aromatic nitrogens is 10. The molecule has 0 fully saturated rings. The summed E-state index contributed by atoms with van der Waals surface area (Å²) in [5.41, 5.74) is 22.3. The first kappa shape index (κ1) is 60.1. The number of aliphatic carboxylic acids is 1. The molecule has 0 saturated carbocycles. The number of nitrogens with zero attached hydrogens (tertiary/aromatic N) is 6. The summed E-state index contributed by atoms with van der Waals surface area (Å²) in [5, 5.41) is 10.2. The Hall–Kier alpha value is -9.72. The van der Waals surface area contributed by atoms with E-state index in [9.17, 15) is 0 Å². The summed E-state index contributed by atoms with van der Waals surface area (Å²) in [7, 11) is 0. The van der Waals surface area contributed by atoms with E-state index in [1.54, 1.807) is 0 Å². The summed E-state index contributed by atoms with van der Waals surface area (Å²) < 4.78 is 0. The van der Waals surface area contributed by atoms with Gasteiger partial charge in [-0.1, -0.05) is 43.8 Å². The van der Waals surface area contributed by atoms with Gasteiger partial charge in [0, 0.05) is 59.2 Å². The Kier molecular flexibility index (Phi) is 22.5. The average Bonchev–Trinajstić information content (AvgIpc) is 4.33. The molecule has 13 rings (SSSR count). The van der Waals surface area contributed by atoms with Gasteiger partial charge < -0.3 is 44.6 Å². The fraction of sp³-hybridized carbons (Fsp3) is 0.127. The predicted octanol–water partition coefficient (Wildman–Crippen LogP) is 12.9. The minimum atomic E-state index is -0.833. The molecule has 0 amide bonds. The summed E-state index contributed by atoms with van der Waals surface area (Å²) >= 11 is 0. The molecular weight excluding hydrogens is 1030 g/mol. The molecule has 0 saturated heterocycles. The number of carboxylic acids is 1. The van der Waals surface area contributed by atoms with E-state index < -0.39 is 5.97 Å². The van der Waals surface area contributed by atoms with Crippen LogP contribution in [0.15, 0.2) is 128 Å². The van der Waals surface area contributed by atoms with Crippen molar-refractivity contribution in [2.45, 2.75) is 55.4 Å². The fourth-order valence-corrected chi connectivity index (χ4v) is 7.99. The van der Waals surface area contributed by atoms with E-state index in [1.807, 2.05) is 110 Å². The zero-order valence-corrected chi connectivity index (χ0v) is 45.1. The van der Waals surface area contributed by atoms with Gasteiger partial charge in [0.15, 0.2) is 6.20 Å². The number of aldehydes is 1. The van der Waals surface area contributed by atoms with E-state index in [0.29, 0.717) is 0 Å². The molecule has 5 aliphatic rings. The minimum absolute atomic E-state index is 0. The smallest absolute Gasteiger partial charge is 0.658 e. The van der Waals surface area contributed by atoms with Crippen molar-refractivity contribution in [3.63, 3.8) is 0 Å². The summed E-state index contributed by atoms with van der Waals surface area (Å²) in [6, 6.07) is 32.8. The van der Waals surface area contributed by atoms with Gasteiger partial charge in [0.1, 0.15) is 31.4 Å². The summed E-state index contributed by atoms with van der Waals surface area (Å²) in [6.45, 7) is 12.8. The van der Waals surface area contributed by atoms with E-state index in [2.05, 4.69) is 132 Å². The standard InChI is InChI=1S/C22H18N4.C22H16N4.C9H10N2.C4H4N.C2H4O2.C2H4O.CH2O.CH4.Mn/c2*1-13-19-7-3-15(23-19)11-17-5-9-21(25-17)14(2)22-10-6-18(26-22)12-16-4-8-20(13)24-16;1-3-8(10-5-1)7-9-4-2-6-11-9;1-2-4-5-3-1;1-2(3)4;1-2-3;1-2;;/h3-12,23,26H,1-2H3;3-12H,1-2H3;1-6,10-11H,7H2;1-3,5H;1H3,(H,3,4);2H,1H3;1H2;1H4;/q;-2;;+1;;;;;+2. The van der Waals surface area contributed by atoms with Crippen LogP contribution >= 0.6 is 0 Å². The molecule has 6 N–H and O–H groups in total. The summed E-state index contributed by atoms with van der Waals surface area (Å²) in [5.74, 6) is -0.833. The first-order valence-electron chi connectivity index (χ1n) is 24.5. The molecule has 79 heavy (non-hydrogen) atoms. The van der Waals surface area contributed by atoms with Gasteiger partial charge in [-0.15, -0.1) is 22.1 Å². The molecule has 16 heteroatoms. The van der Waals surface area contributed by atoms with Gasteiger partial charge in [-0.25, -0.2) is 25.3 Å². The molecule has 5 aliphatic heterocycles. The van der Waals surface area contributed by atoms with E-state index in [1.165, 1.54) is 18.3 Å². The number of carboxylic acid groups (broad SMARTS) is 1. The van der Waals surface area contributed by atoms with Crippen LogP contribution < -0.4 is 15.3 Å². The van der Waals surface area contributed by atoms with E-state index in [0.717, 1.165) is 132 Å². The molecule has 1 radical (unpaired) electrons. The first-order chi connectivity index (χ1) is 37.4. The molecule has 0 aliphatic carbocycles. The first-order valence-corrected chi connectivity index (χ1v) is 24.5. The van der Waals surface area contributed by atoms with Crippen molar-refractivity contribution in [2.24, 2.45) is 0 Å². The second-order valence-corrected chi connectivity index (χ2v) is 17.4. The van der Waals surface area contributed by atoms with Crippen LogP contribution in [0, 0.1) is 33.9 Å². The number of allylic oxidation sites excluding steroid dienone is 2. The Morgan fingerprint density at radius 1 is 0.595 bits per heavy atom. The normalized spacial score (nSPS) is 11.2. The number of aromatic amines is 4. The Balaban J connectivity index is 0.000000201. The number of aryl methyl sites for hydroxylation is 4. The Labute approximate surface area is 469 Å². The monoisotopic (exact) mass is 1090 g/mol. The van der Waals surface area contributed by atoms with E-state index in [-0.39, 0.29) is 24.5 Å². The molecule has 8 aromatic heterocycles. The molecule has 0 spiro atoms. The maximum atomic E-state index is 9.00. The van der Waals surface area contributed by atoms with Gasteiger partial charge >= 0.3 is 17.1 Å². The van der Waals surface area contributed by atoms with Gasteiger partial charge in [0.2, 0.25) is 0 Å².